The van der Waals surface area contributed by atoms with Crippen LogP contribution in [0.5, 0.6) is 0 Å². The van der Waals surface area contributed by atoms with E-state index in [0.717, 1.165) is 41.9 Å². The molecule has 3 heterocycles. The van der Waals surface area contributed by atoms with Crippen molar-refractivity contribution in [2.75, 3.05) is 64.7 Å². The molecule has 3 aliphatic rings. The quantitative estimate of drug-likeness (QED) is 0.488. The van der Waals surface area contributed by atoms with Crippen LogP contribution in [-0.2, 0) is 10.4 Å². The molecule has 8 nitrogen and oxygen atoms in total. The van der Waals surface area contributed by atoms with Gasteiger partial charge in [0.1, 0.15) is 5.82 Å². The number of piperidine rings is 1. The van der Waals surface area contributed by atoms with Crippen LogP contribution in [0.15, 0.2) is 42.5 Å². The Bertz CT molecular complexity index is 1310. The van der Waals surface area contributed by atoms with Gasteiger partial charge in [-0.15, -0.1) is 0 Å². The number of hydrogen-bond donors (Lipinski definition) is 2. The van der Waals surface area contributed by atoms with Gasteiger partial charge in [0, 0.05) is 69.7 Å². The predicted molar refractivity (Wildman–Crippen MR) is 150 cm³/mol. The summed E-state index contributed by atoms with van der Waals surface area (Å²) in [4.78, 5) is 33.0. The molecule has 5 rings (SSSR count). The van der Waals surface area contributed by atoms with E-state index in [1.807, 2.05) is 18.0 Å². The Kier molecular flexibility index (Phi) is 8.71. The Morgan fingerprint density at radius 1 is 0.952 bits per heavy atom. The molecule has 0 aromatic heterocycles. The molecule has 13 heteroatoms. The maximum Gasteiger partial charge on any atom is 0.430 e. The van der Waals surface area contributed by atoms with Gasteiger partial charge in [0.2, 0.25) is 0 Å². The zero-order chi connectivity index (χ0) is 30.2. The number of nitrogens with zero attached hydrogens (tertiary/aromatic N) is 4. The zero-order valence-corrected chi connectivity index (χ0v) is 24.0. The van der Waals surface area contributed by atoms with Crippen LogP contribution in [0.25, 0.3) is 0 Å². The first-order chi connectivity index (χ1) is 19.9. The highest BCUT2D eigenvalue weighted by atomic mass is 35.5. The highest BCUT2D eigenvalue weighted by molar-refractivity contribution is 6.34. The highest BCUT2D eigenvalue weighted by Crippen LogP contribution is 2.41. The summed E-state index contributed by atoms with van der Waals surface area (Å²) in [6.07, 6.45) is -4.42. The summed E-state index contributed by atoms with van der Waals surface area (Å²) in [7, 11) is 2.02. The number of likely N-dealkylation sites (tertiary alicyclic amines) is 2. The molecule has 3 aliphatic heterocycles. The number of benzene rings is 2. The molecule has 0 saturated carbocycles. The number of amides is 2. The van der Waals surface area contributed by atoms with E-state index >= 15 is 0 Å². The number of piperazine rings is 1. The number of hydrogen-bond acceptors (Lipinski definition) is 6. The fourth-order valence-electron chi connectivity index (χ4n) is 5.88. The Morgan fingerprint density at radius 3 is 2.21 bits per heavy atom. The van der Waals surface area contributed by atoms with Crippen LogP contribution in [0.3, 0.4) is 0 Å². The van der Waals surface area contributed by atoms with Crippen molar-refractivity contribution in [1.82, 2.24) is 19.6 Å². The fraction of sp³-hybridized carbons (Fsp3) is 0.517. The molecule has 2 aromatic rings. The van der Waals surface area contributed by atoms with E-state index < -0.39 is 29.1 Å². The van der Waals surface area contributed by atoms with Crippen molar-refractivity contribution < 1.29 is 32.3 Å². The Morgan fingerprint density at radius 2 is 1.62 bits per heavy atom. The van der Waals surface area contributed by atoms with Gasteiger partial charge in [-0.3, -0.25) is 14.5 Å². The molecule has 228 valence electrons. The molecule has 2 N–H and O–H groups in total. The standard InChI is InChI=1S/C29H34ClF4N5O3/c1-36-11-13-37(14-12-36)26(40)24-6-5-21(16-25(24)30)35-22-17-39(18-22)23-7-9-38(10-8-23)27(41)28(42,29(32,33)34)19-3-2-4-20(31)15-19/h2-6,15-16,22-23,35,42H,7-14,17-18H2,1H3/t28-/m0/s1. The van der Waals surface area contributed by atoms with Gasteiger partial charge >= 0.3 is 6.18 Å². The fourth-order valence-corrected chi connectivity index (χ4v) is 6.14. The third-order valence-corrected chi connectivity index (χ3v) is 8.81. The van der Waals surface area contributed by atoms with Gasteiger partial charge in [-0.2, -0.15) is 13.2 Å². The van der Waals surface area contributed by atoms with Gasteiger partial charge in [0.05, 0.1) is 16.6 Å². The number of carbonyl (C=O) groups is 2. The van der Waals surface area contributed by atoms with Gasteiger partial charge in [-0.25, -0.2) is 4.39 Å². The first kappa shape index (κ1) is 30.5. The largest absolute Gasteiger partial charge is 0.430 e. The summed E-state index contributed by atoms with van der Waals surface area (Å²) in [5.41, 5.74) is -3.39. The zero-order valence-electron chi connectivity index (χ0n) is 23.2. The van der Waals surface area contributed by atoms with Crippen molar-refractivity contribution in [1.29, 1.82) is 0 Å². The van der Waals surface area contributed by atoms with Crippen LogP contribution in [0.1, 0.15) is 28.8 Å². The van der Waals surface area contributed by atoms with Crippen molar-refractivity contribution in [2.45, 2.75) is 36.7 Å². The SMILES string of the molecule is CN1CCN(C(=O)c2ccc(NC3CN(C4CCN(C(=O)[C@@](O)(c5cccc(F)c5)C(F)(F)F)CC4)C3)cc2Cl)CC1. The maximum atomic E-state index is 13.9. The van der Waals surface area contributed by atoms with Gasteiger partial charge < -0.3 is 25.1 Å². The summed E-state index contributed by atoms with van der Waals surface area (Å²) in [6, 6.07) is 8.95. The van der Waals surface area contributed by atoms with Crippen LogP contribution < -0.4 is 5.32 Å². The lowest BCUT2D eigenvalue weighted by atomic mass is 9.89. The third kappa shape index (κ3) is 6.08. The van der Waals surface area contributed by atoms with Crippen molar-refractivity contribution in [3.8, 4) is 0 Å². The lowest BCUT2D eigenvalue weighted by molar-refractivity contribution is -0.262. The van der Waals surface area contributed by atoms with Crippen LogP contribution in [0, 0.1) is 5.82 Å². The maximum absolute atomic E-state index is 13.9. The van der Waals surface area contributed by atoms with Crippen LogP contribution in [0.2, 0.25) is 5.02 Å². The highest BCUT2D eigenvalue weighted by Gasteiger charge is 2.62. The number of aliphatic hydroxyl groups is 1. The lowest BCUT2D eigenvalue weighted by Gasteiger charge is -2.48. The van der Waals surface area contributed by atoms with E-state index in [-0.39, 0.29) is 31.1 Å². The molecule has 2 aromatic carbocycles. The minimum Gasteiger partial charge on any atom is -0.380 e. The third-order valence-electron chi connectivity index (χ3n) is 8.50. The molecule has 0 unspecified atom stereocenters. The Hall–Kier alpha value is -2.93. The normalized spacial score (nSPS) is 21.1. The van der Waals surface area contributed by atoms with E-state index in [2.05, 4.69) is 15.1 Å². The number of anilines is 1. The molecule has 3 fully saturated rings. The van der Waals surface area contributed by atoms with E-state index in [1.54, 1.807) is 12.1 Å². The summed E-state index contributed by atoms with van der Waals surface area (Å²) in [6.45, 7) is 4.46. The van der Waals surface area contributed by atoms with Crippen molar-refractivity contribution in [2.24, 2.45) is 0 Å². The van der Waals surface area contributed by atoms with Crippen LogP contribution in [0.4, 0.5) is 23.2 Å². The Balaban J connectivity index is 1.12. The van der Waals surface area contributed by atoms with E-state index in [9.17, 15) is 32.3 Å². The second kappa shape index (κ2) is 12.0. The molecular weight excluding hydrogens is 578 g/mol. The molecule has 0 spiro atoms. The number of rotatable bonds is 6. The molecule has 1 atom stereocenters. The molecule has 42 heavy (non-hydrogen) atoms. The summed E-state index contributed by atoms with van der Waals surface area (Å²) in [5, 5.41) is 14.4. The van der Waals surface area contributed by atoms with Gasteiger partial charge in [-0.1, -0.05) is 23.7 Å². The van der Waals surface area contributed by atoms with Gasteiger partial charge in [-0.05, 0) is 50.2 Å². The smallest absolute Gasteiger partial charge is 0.380 e. The number of halogens is 5. The van der Waals surface area contributed by atoms with Crippen molar-refractivity contribution in [3.05, 3.63) is 64.4 Å². The number of alkyl halides is 3. The first-order valence-corrected chi connectivity index (χ1v) is 14.4. The molecule has 2 amide bonds. The van der Waals surface area contributed by atoms with Crippen LogP contribution in [-0.4, -0.2) is 114 Å². The van der Waals surface area contributed by atoms with Crippen molar-refractivity contribution in [3.63, 3.8) is 0 Å². The number of nitrogens with one attached hydrogen (secondary N) is 1. The Labute approximate surface area is 246 Å². The summed E-state index contributed by atoms with van der Waals surface area (Å²) in [5.74, 6) is -2.54. The lowest BCUT2D eigenvalue weighted by Crippen LogP contribution is -2.62. The van der Waals surface area contributed by atoms with E-state index in [1.165, 1.54) is 0 Å². The second-order valence-electron chi connectivity index (χ2n) is 11.3. The molecular formula is C29H34ClF4N5O3. The average molecular weight is 612 g/mol. The molecule has 0 aliphatic carbocycles. The summed E-state index contributed by atoms with van der Waals surface area (Å²) >= 11 is 6.47. The minimum absolute atomic E-state index is 0.0458. The number of carbonyl (C=O) groups excluding carboxylic acids is 2. The summed E-state index contributed by atoms with van der Waals surface area (Å²) < 4.78 is 55.5. The monoisotopic (exact) mass is 611 g/mol. The van der Waals surface area contributed by atoms with Gasteiger partial charge in [0.25, 0.3) is 17.4 Å². The average Bonchev–Trinajstić information content (AvgIpc) is 2.93. The van der Waals surface area contributed by atoms with E-state index in [0.29, 0.717) is 55.7 Å². The first-order valence-electron chi connectivity index (χ1n) is 14.0. The molecule has 3 saturated heterocycles. The topological polar surface area (TPSA) is 79.4 Å². The minimum atomic E-state index is -5.32. The van der Waals surface area contributed by atoms with Crippen LogP contribution >= 0.6 is 11.6 Å². The van der Waals surface area contributed by atoms with Gasteiger partial charge in [0.15, 0.2) is 0 Å². The predicted octanol–water partition coefficient (Wildman–Crippen LogP) is 3.40. The molecule has 0 radical (unpaired) electrons. The second-order valence-corrected chi connectivity index (χ2v) is 11.7. The van der Waals surface area contributed by atoms with E-state index in [4.69, 9.17) is 11.6 Å². The molecule has 0 bridgehead atoms. The van der Waals surface area contributed by atoms with Crippen molar-refractivity contribution >= 4 is 29.1 Å². The number of likely N-dealkylation sites (N-methyl/N-ethyl adjacent to an activating group) is 1.